The molecule has 3 aliphatic heterocycles. The van der Waals surface area contributed by atoms with E-state index in [1.807, 2.05) is 34.9 Å². The molecular weight excluding hydrogens is 787 g/mol. The second-order valence-electron chi connectivity index (χ2n) is 15.0. The molecule has 6 rings (SSSR count). The predicted octanol–water partition coefficient (Wildman–Crippen LogP) is 3.99. The Hall–Kier alpha value is -5.30. The van der Waals surface area contributed by atoms with Crippen LogP contribution in [-0.4, -0.2) is 134 Å². The molecule has 3 aromatic rings. The fourth-order valence-electron chi connectivity index (χ4n) is 7.43. The molecule has 3 aliphatic rings. The number of halogens is 3. The number of imide groups is 1. The van der Waals surface area contributed by atoms with E-state index in [4.69, 9.17) is 23.9 Å². The van der Waals surface area contributed by atoms with Crippen LogP contribution in [0.3, 0.4) is 0 Å². The summed E-state index contributed by atoms with van der Waals surface area (Å²) in [5.41, 5.74) is 1.08. The van der Waals surface area contributed by atoms with Gasteiger partial charge in [-0.1, -0.05) is 30.3 Å². The van der Waals surface area contributed by atoms with Crippen molar-refractivity contribution in [2.75, 3.05) is 79.0 Å². The Morgan fingerprint density at radius 1 is 1.00 bits per heavy atom. The van der Waals surface area contributed by atoms with E-state index in [0.717, 1.165) is 28.7 Å². The summed E-state index contributed by atoms with van der Waals surface area (Å²) >= 11 is 0. The minimum absolute atomic E-state index is 0.0260. The number of alkyl carbamates (subject to hydrolysis) is 1. The largest absolute Gasteiger partial charge is 0.447 e. The zero-order valence-electron chi connectivity index (χ0n) is 33.5. The van der Waals surface area contributed by atoms with E-state index < -0.39 is 47.9 Å². The van der Waals surface area contributed by atoms with Gasteiger partial charge in [0.2, 0.25) is 0 Å². The molecule has 15 nitrogen and oxygen atoms in total. The number of alkyl halides is 1. The summed E-state index contributed by atoms with van der Waals surface area (Å²) < 4.78 is 68.8. The molecule has 4 atom stereocenters. The van der Waals surface area contributed by atoms with Crippen LogP contribution in [0.2, 0.25) is 0 Å². The summed E-state index contributed by atoms with van der Waals surface area (Å²) in [6.45, 7) is 4.26. The van der Waals surface area contributed by atoms with Gasteiger partial charge in [-0.25, -0.2) is 27.7 Å². The smallest absolute Gasteiger partial charge is 0.407 e. The number of urea groups is 1. The molecule has 0 bridgehead atoms. The molecule has 0 saturated carbocycles. The maximum absolute atomic E-state index is 15.3. The topological polar surface area (TPSA) is 166 Å². The first kappa shape index (κ1) is 44.3. The van der Waals surface area contributed by atoms with Crippen molar-refractivity contribution >= 4 is 23.9 Å². The Bertz CT molecular complexity index is 1930. The van der Waals surface area contributed by atoms with Crippen LogP contribution in [0.15, 0.2) is 66.9 Å². The molecule has 60 heavy (non-hydrogen) atoms. The van der Waals surface area contributed by atoms with Crippen LogP contribution >= 0.6 is 0 Å². The Morgan fingerprint density at radius 3 is 2.45 bits per heavy atom. The molecule has 2 fully saturated rings. The van der Waals surface area contributed by atoms with Gasteiger partial charge in [-0.05, 0) is 49.4 Å². The summed E-state index contributed by atoms with van der Waals surface area (Å²) in [6.07, 6.45) is 3.27. The van der Waals surface area contributed by atoms with Gasteiger partial charge >= 0.3 is 12.1 Å². The number of imidazole rings is 1. The lowest BCUT2D eigenvalue weighted by molar-refractivity contribution is -0.137. The fourth-order valence-corrected chi connectivity index (χ4v) is 7.43. The van der Waals surface area contributed by atoms with E-state index in [-0.39, 0.29) is 88.2 Å². The van der Waals surface area contributed by atoms with Gasteiger partial charge < -0.3 is 44.4 Å². The van der Waals surface area contributed by atoms with E-state index in [9.17, 15) is 23.6 Å². The van der Waals surface area contributed by atoms with E-state index >= 15 is 8.78 Å². The number of nitrogens with zero attached hydrogens (tertiary/aromatic N) is 4. The predicted molar refractivity (Wildman–Crippen MR) is 212 cm³/mol. The molecule has 0 radical (unpaired) electrons. The summed E-state index contributed by atoms with van der Waals surface area (Å²) in [7, 11) is 0. The third kappa shape index (κ3) is 12.1. The average Bonchev–Trinajstić information content (AvgIpc) is 3.95. The first-order valence-electron chi connectivity index (χ1n) is 20.2. The highest BCUT2D eigenvalue weighted by Crippen LogP contribution is 2.38. The third-order valence-corrected chi connectivity index (χ3v) is 10.6. The SMILES string of the molecule is CC(COC(=O)NCCOCCOCCN1C(=O)C=CC1=O)NC(=O)N(CC1CNCC1F)C(c1nc(-c2cc(F)ccc2F)cn1Cc1ccccc1)C1CCOCC1. The molecule has 4 unspecified atom stereocenters. The van der Waals surface area contributed by atoms with Crippen molar-refractivity contribution in [3.8, 4) is 11.3 Å². The molecule has 324 valence electrons. The number of ether oxygens (including phenoxy) is 4. The number of aromatic nitrogens is 2. The second-order valence-corrected chi connectivity index (χ2v) is 15.0. The zero-order valence-corrected chi connectivity index (χ0v) is 33.5. The van der Waals surface area contributed by atoms with Gasteiger partial charge in [-0.2, -0.15) is 0 Å². The van der Waals surface area contributed by atoms with Crippen molar-refractivity contribution in [2.45, 2.75) is 44.6 Å². The number of hydrogen-bond acceptors (Lipinski definition) is 10. The Labute approximate surface area is 346 Å². The fraction of sp³-hybridized carbons (Fsp3) is 0.500. The van der Waals surface area contributed by atoms with E-state index in [0.29, 0.717) is 45.0 Å². The quantitative estimate of drug-likeness (QED) is 0.112. The molecule has 0 aliphatic carbocycles. The lowest BCUT2D eigenvalue weighted by atomic mass is 9.89. The van der Waals surface area contributed by atoms with Gasteiger partial charge in [-0.3, -0.25) is 14.5 Å². The molecule has 2 aromatic carbocycles. The molecule has 18 heteroatoms. The summed E-state index contributed by atoms with van der Waals surface area (Å²) in [6, 6.07) is 10.8. The van der Waals surface area contributed by atoms with E-state index in [2.05, 4.69) is 16.0 Å². The maximum atomic E-state index is 15.3. The van der Waals surface area contributed by atoms with Gasteiger partial charge in [0.25, 0.3) is 11.8 Å². The minimum Gasteiger partial charge on any atom is -0.447 e. The van der Waals surface area contributed by atoms with Gasteiger partial charge in [0.05, 0.1) is 50.7 Å². The molecule has 1 aromatic heterocycles. The van der Waals surface area contributed by atoms with Crippen molar-refractivity contribution in [2.24, 2.45) is 11.8 Å². The van der Waals surface area contributed by atoms with Crippen LogP contribution in [0.1, 0.15) is 37.2 Å². The van der Waals surface area contributed by atoms with Crippen LogP contribution in [0.4, 0.5) is 22.8 Å². The molecule has 2 saturated heterocycles. The first-order valence-corrected chi connectivity index (χ1v) is 20.2. The van der Waals surface area contributed by atoms with Crippen LogP contribution in [0, 0.1) is 23.5 Å². The number of rotatable bonds is 20. The lowest BCUT2D eigenvalue weighted by Gasteiger charge is -2.40. The third-order valence-electron chi connectivity index (χ3n) is 10.6. The second kappa shape index (κ2) is 21.8. The van der Waals surface area contributed by atoms with Crippen LogP contribution in [0.25, 0.3) is 11.3 Å². The van der Waals surface area contributed by atoms with Gasteiger partial charge in [-0.15, -0.1) is 0 Å². The van der Waals surface area contributed by atoms with Crippen LogP contribution in [0.5, 0.6) is 0 Å². The number of nitrogens with one attached hydrogen (secondary N) is 3. The number of amides is 5. The number of carbonyl (C=O) groups excluding carboxylic acids is 4. The summed E-state index contributed by atoms with van der Waals surface area (Å²) in [5.74, 6) is -2.31. The highest BCUT2D eigenvalue weighted by molar-refractivity contribution is 6.12. The average molecular weight is 840 g/mol. The van der Waals surface area contributed by atoms with E-state index in [1.165, 1.54) is 12.2 Å². The van der Waals surface area contributed by atoms with Gasteiger partial charge in [0, 0.05) is 75.8 Å². The summed E-state index contributed by atoms with van der Waals surface area (Å²) in [4.78, 5) is 57.8. The van der Waals surface area contributed by atoms with Crippen molar-refractivity contribution in [1.82, 2.24) is 35.3 Å². The maximum Gasteiger partial charge on any atom is 0.407 e. The molecule has 0 spiro atoms. The standard InChI is InChI=1S/C42H52F3N7O8/c1-28(27-60-42(56)47-13-17-58-19-20-59-18-14-51-37(53)9-10-38(51)54)48-41(55)52(25-31-22-46-23-35(31)45)39(30-11-15-57-16-12-30)40-49-36(33-21-32(43)7-8-34(33)44)26-50(40)24-29-5-3-2-4-6-29/h2-10,21,26,28,30-31,35,39,46H,11-20,22-25,27H2,1H3,(H,47,56)(H,48,55). The van der Waals surface area contributed by atoms with Gasteiger partial charge in [0.15, 0.2) is 0 Å². The van der Waals surface area contributed by atoms with Crippen LogP contribution in [-0.2, 0) is 35.1 Å². The zero-order chi connectivity index (χ0) is 42.4. The highest BCUT2D eigenvalue weighted by Gasteiger charge is 2.40. The van der Waals surface area contributed by atoms with Crippen molar-refractivity contribution in [1.29, 1.82) is 0 Å². The Kier molecular flexibility index (Phi) is 16.1. The van der Waals surface area contributed by atoms with Crippen molar-refractivity contribution in [3.63, 3.8) is 0 Å². The highest BCUT2D eigenvalue weighted by atomic mass is 19.1. The normalized spacial score (nSPS) is 19.1. The lowest BCUT2D eigenvalue weighted by Crippen LogP contribution is -2.52. The van der Waals surface area contributed by atoms with E-state index in [1.54, 1.807) is 18.0 Å². The number of hydrogen-bond donors (Lipinski definition) is 3. The molecule has 4 heterocycles. The van der Waals surface area contributed by atoms with Crippen LogP contribution < -0.4 is 16.0 Å². The molecular formula is C42H52F3N7O8. The van der Waals surface area contributed by atoms with Crippen molar-refractivity contribution in [3.05, 3.63) is 89.9 Å². The number of carbonyl (C=O) groups is 4. The Balaban J connectivity index is 1.11. The minimum atomic E-state index is -1.21. The van der Waals surface area contributed by atoms with Gasteiger partial charge in [0.1, 0.15) is 30.2 Å². The Morgan fingerprint density at radius 2 is 1.73 bits per heavy atom. The number of benzene rings is 2. The molecule has 5 amide bonds. The molecule has 3 N–H and O–H groups in total. The first-order chi connectivity index (χ1) is 29.1. The monoisotopic (exact) mass is 839 g/mol. The van der Waals surface area contributed by atoms with Crippen molar-refractivity contribution < 1.29 is 51.3 Å². The summed E-state index contributed by atoms with van der Waals surface area (Å²) in [5, 5.41) is 8.60.